The third-order valence-corrected chi connectivity index (χ3v) is 5.87. The molecule has 0 aromatic heterocycles. The first-order valence-corrected chi connectivity index (χ1v) is 8.76. The van der Waals surface area contributed by atoms with E-state index < -0.39 is 12.0 Å². The van der Waals surface area contributed by atoms with Gasteiger partial charge in [-0.2, -0.15) is 0 Å². The third kappa shape index (κ3) is 3.13. The summed E-state index contributed by atoms with van der Waals surface area (Å²) in [5, 5.41) is 9.35. The SMILES string of the molecule is CCCCSC(C)C(=O)N1CC2CCCC2C1C(=O)O. The number of nitrogens with zero attached hydrogens (tertiary/aromatic N) is 1. The van der Waals surface area contributed by atoms with Crippen LogP contribution in [-0.2, 0) is 9.59 Å². The quantitative estimate of drug-likeness (QED) is 0.766. The molecule has 2 fully saturated rings. The van der Waals surface area contributed by atoms with E-state index in [1.165, 1.54) is 0 Å². The summed E-state index contributed by atoms with van der Waals surface area (Å²) in [4.78, 5) is 25.7. The monoisotopic (exact) mass is 299 g/mol. The molecule has 114 valence electrons. The predicted octanol–water partition coefficient (Wildman–Crippen LogP) is 2.62. The maximum Gasteiger partial charge on any atom is 0.326 e. The number of rotatable bonds is 6. The van der Waals surface area contributed by atoms with Crippen LogP contribution in [0, 0.1) is 11.8 Å². The molecule has 4 nitrogen and oxygen atoms in total. The van der Waals surface area contributed by atoms with Gasteiger partial charge in [-0.3, -0.25) is 4.79 Å². The molecule has 1 amide bonds. The van der Waals surface area contributed by atoms with Crippen LogP contribution < -0.4 is 0 Å². The highest BCUT2D eigenvalue weighted by atomic mass is 32.2. The first-order valence-electron chi connectivity index (χ1n) is 7.71. The van der Waals surface area contributed by atoms with Gasteiger partial charge in [0, 0.05) is 6.54 Å². The number of thioether (sulfide) groups is 1. The van der Waals surface area contributed by atoms with Crippen molar-refractivity contribution in [3.63, 3.8) is 0 Å². The molecule has 4 unspecified atom stereocenters. The summed E-state index contributed by atoms with van der Waals surface area (Å²) in [5.41, 5.74) is 0. The molecule has 1 aliphatic carbocycles. The van der Waals surface area contributed by atoms with Crippen molar-refractivity contribution in [1.29, 1.82) is 0 Å². The highest BCUT2D eigenvalue weighted by molar-refractivity contribution is 8.00. The molecule has 0 aromatic rings. The molecule has 0 radical (unpaired) electrons. The van der Waals surface area contributed by atoms with E-state index in [4.69, 9.17) is 0 Å². The Hall–Kier alpha value is -0.710. The summed E-state index contributed by atoms with van der Waals surface area (Å²) < 4.78 is 0. The zero-order valence-electron chi connectivity index (χ0n) is 12.4. The maximum atomic E-state index is 12.5. The Morgan fingerprint density at radius 3 is 2.80 bits per heavy atom. The highest BCUT2D eigenvalue weighted by Crippen LogP contribution is 2.42. The fourth-order valence-electron chi connectivity index (χ4n) is 3.56. The second-order valence-corrected chi connectivity index (χ2v) is 7.44. The van der Waals surface area contributed by atoms with E-state index in [2.05, 4.69) is 6.92 Å². The number of aliphatic carboxylic acids is 1. The molecule has 0 aromatic carbocycles. The molecule has 4 atom stereocenters. The normalized spacial score (nSPS) is 30.3. The molecule has 5 heteroatoms. The van der Waals surface area contributed by atoms with Crippen molar-refractivity contribution in [1.82, 2.24) is 4.90 Å². The zero-order chi connectivity index (χ0) is 14.7. The molecule has 1 N–H and O–H groups in total. The van der Waals surface area contributed by atoms with E-state index in [-0.39, 0.29) is 17.1 Å². The number of hydrogen-bond donors (Lipinski definition) is 1. The molecule has 1 heterocycles. The van der Waals surface area contributed by atoms with Gasteiger partial charge in [-0.1, -0.05) is 19.8 Å². The Morgan fingerprint density at radius 2 is 2.15 bits per heavy atom. The van der Waals surface area contributed by atoms with Gasteiger partial charge in [0.15, 0.2) is 0 Å². The first kappa shape index (κ1) is 15.7. The van der Waals surface area contributed by atoms with Crippen LogP contribution in [0.3, 0.4) is 0 Å². The fraction of sp³-hybridized carbons (Fsp3) is 0.867. The number of amides is 1. The summed E-state index contributed by atoms with van der Waals surface area (Å²) in [6.07, 6.45) is 5.38. The lowest BCUT2D eigenvalue weighted by Crippen LogP contribution is -2.46. The Bertz CT molecular complexity index is 374. The van der Waals surface area contributed by atoms with Crippen LogP contribution in [0.25, 0.3) is 0 Å². The van der Waals surface area contributed by atoms with Gasteiger partial charge in [-0.25, -0.2) is 4.79 Å². The van der Waals surface area contributed by atoms with Crippen LogP contribution in [0.4, 0.5) is 0 Å². The van der Waals surface area contributed by atoms with Crippen molar-refractivity contribution in [2.45, 2.75) is 57.2 Å². The topological polar surface area (TPSA) is 57.6 Å². The molecule has 0 spiro atoms. The minimum atomic E-state index is -0.821. The minimum absolute atomic E-state index is 0.0212. The van der Waals surface area contributed by atoms with Crippen molar-refractivity contribution in [2.24, 2.45) is 11.8 Å². The van der Waals surface area contributed by atoms with Gasteiger partial charge >= 0.3 is 5.97 Å². The largest absolute Gasteiger partial charge is 0.480 e. The number of likely N-dealkylation sites (tertiary alicyclic amines) is 1. The van der Waals surface area contributed by atoms with Gasteiger partial charge in [0.2, 0.25) is 5.91 Å². The van der Waals surface area contributed by atoms with Crippen molar-refractivity contribution in [3.8, 4) is 0 Å². The smallest absolute Gasteiger partial charge is 0.326 e. The van der Waals surface area contributed by atoms with Crippen molar-refractivity contribution in [2.75, 3.05) is 12.3 Å². The number of carboxylic acid groups (broad SMARTS) is 1. The zero-order valence-corrected chi connectivity index (χ0v) is 13.2. The second-order valence-electron chi connectivity index (χ2n) is 6.00. The van der Waals surface area contributed by atoms with Crippen molar-refractivity contribution < 1.29 is 14.7 Å². The van der Waals surface area contributed by atoms with E-state index in [1.807, 2.05) is 6.92 Å². The molecular formula is C15H25NO3S. The molecule has 2 rings (SSSR count). The summed E-state index contributed by atoms with van der Waals surface area (Å²) in [6.45, 7) is 4.70. The minimum Gasteiger partial charge on any atom is -0.480 e. The third-order valence-electron chi connectivity index (χ3n) is 4.64. The lowest BCUT2D eigenvalue weighted by Gasteiger charge is -2.27. The lowest BCUT2D eigenvalue weighted by atomic mass is 9.94. The number of carbonyl (C=O) groups excluding carboxylic acids is 1. The fourth-order valence-corrected chi connectivity index (χ4v) is 4.64. The van der Waals surface area contributed by atoms with Crippen LogP contribution in [0.5, 0.6) is 0 Å². The summed E-state index contributed by atoms with van der Waals surface area (Å²) in [5.74, 6) is 0.769. The Balaban J connectivity index is 1.99. The Labute approximate surface area is 125 Å². The summed E-state index contributed by atoms with van der Waals surface area (Å²) in [6, 6.07) is -0.579. The number of fused-ring (bicyclic) bond motifs is 1. The van der Waals surface area contributed by atoms with Crippen molar-refractivity contribution >= 4 is 23.6 Å². The van der Waals surface area contributed by atoms with Gasteiger partial charge in [0.05, 0.1) is 5.25 Å². The van der Waals surface area contributed by atoms with Gasteiger partial charge in [-0.05, 0) is 43.8 Å². The van der Waals surface area contributed by atoms with Crippen LogP contribution in [0.15, 0.2) is 0 Å². The van der Waals surface area contributed by atoms with Gasteiger partial charge < -0.3 is 10.0 Å². The Morgan fingerprint density at radius 1 is 1.40 bits per heavy atom. The van der Waals surface area contributed by atoms with Crippen LogP contribution >= 0.6 is 11.8 Å². The number of carboxylic acids is 1. The van der Waals surface area contributed by atoms with E-state index >= 15 is 0 Å². The van der Waals surface area contributed by atoms with Gasteiger partial charge in [0.25, 0.3) is 0 Å². The van der Waals surface area contributed by atoms with Gasteiger partial charge in [-0.15, -0.1) is 11.8 Å². The molecular weight excluding hydrogens is 274 g/mol. The lowest BCUT2D eigenvalue weighted by molar-refractivity contribution is -0.149. The molecule has 1 aliphatic heterocycles. The number of hydrogen-bond acceptors (Lipinski definition) is 3. The van der Waals surface area contributed by atoms with Crippen LogP contribution in [-0.4, -0.2) is 45.5 Å². The van der Waals surface area contributed by atoms with E-state index in [0.29, 0.717) is 12.5 Å². The average molecular weight is 299 g/mol. The van der Waals surface area contributed by atoms with Crippen molar-refractivity contribution in [3.05, 3.63) is 0 Å². The second kappa shape index (κ2) is 6.83. The molecule has 20 heavy (non-hydrogen) atoms. The predicted molar refractivity (Wildman–Crippen MR) is 80.8 cm³/mol. The average Bonchev–Trinajstić information content (AvgIpc) is 2.97. The van der Waals surface area contributed by atoms with Crippen LogP contribution in [0.2, 0.25) is 0 Å². The number of unbranched alkanes of at least 4 members (excludes halogenated alkanes) is 1. The molecule has 2 aliphatic rings. The maximum absolute atomic E-state index is 12.5. The standard InChI is InChI=1S/C15H25NO3S/c1-3-4-8-20-10(2)14(17)16-9-11-6-5-7-12(11)13(16)15(18)19/h10-13H,3-9H2,1-2H3,(H,18,19). The first-order chi connectivity index (χ1) is 9.56. The van der Waals surface area contributed by atoms with E-state index in [9.17, 15) is 14.7 Å². The van der Waals surface area contributed by atoms with E-state index in [1.54, 1.807) is 16.7 Å². The molecule has 1 saturated heterocycles. The summed E-state index contributed by atoms with van der Waals surface area (Å²) >= 11 is 1.65. The summed E-state index contributed by atoms with van der Waals surface area (Å²) in [7, 11) is 0. The molecule has 1 saturated carbocycles. The number of carbonyl (C=O) groups is 2. The Kier molecular flexibility index (Phi) is 5.35. The van der Waals surface area contributed by atoms with E-state index in [0.717, 1.165) is 37.9 Å². The molecule has 0 bridgehead atoms. The highest BCUT2D eigenvalue weighted by Gasteiger charge is 2.50. The van der Waals surface area contributed by atoms with Gasteiger partial charge in [0.1, 0.15) is 6.04 Å². The van der Waals surface area contributed by atoms with Crippen LogP contribution in [0.1, 0.15) is 46.0 Å².